The van der Waals surface area contributed by atoms with Gasteiger partial charge in [-0.25, -0.2) is 4.39 Å². The fraction of sp³-hybridized carbons (Fsp3) is 0.400. The van der Waals surface area contributed by atoms with Gasteiger partial charge in [-0.3, -0.25) is 10.1 Å². The molecule has 0 spiro atoms. The highest BCUT2D eigenvalue weighted by atomic mass is 35.5. The molecule has 0 saturated heterocycles. The van der Waals surface area contributed by atoms with Gasteiger partial charge in [0.2, 0.25) is 0 Å². The Balaban J connectivity index is 0.00000225. The second-order valence-corrected chi connectivity index (χ2v) is 3.36. The summed E-state index contributed by atoms with van der Waals surface area (Å²) >= 11 is 0. The van der Waals surface area contributed by atoms with Gasteiger partial charge in [-0.2, -0.15) is 0 Å². The highest BCUT2D eigenvalue weighted by Gasteiger charge is 2.19. The molecular weight excluding hydrogens is 235 g/mol. The van der Waals surface area contributed by atoms with Crippen LogP contribution in [0.3, 0.4) is 0 Å². The van der Waals surface area contributed by atoms with Crippen molar-refractivity contribution in [1.82, 2.24) is 0 Å². The van der Waals surface area contributed by atoms with Gasteiger partial charge in [-0.05, 0) is 18.6 Å². The van der Waals surface area contributed by atoms with E-state index in [-0.39, 0.29) is 18.1 Å². The monoisotopic (exact) mass is 248 g/mol. The maximum absolute atomic E-state index is 12.8. The van der Waals surface area contributed by atoms with Gasteiger partial charge in [0.1, 0.15) is 5.82 Å². The SMILES string of the molecule is CCC[C@H](N)c1ccc(F)cc1[N+](=O)[O-].Cl. The molecule has 0 fully saturated rings. The van der Waals surface area contributed by atoms with Crippen LogP contribution >= 0.6 is 12.4 Å². The van der Waals surface area contributed by atoms with Crippen LogP contribution in [0, 0.1) is 15.9 Å². The molecule has 0 bridgehead atoms. The minimum atomic E-state index is -0.617. The summed E-state index contributed by atoms with van der Waals surface area (Å²) in [7, 11) is 0. The van der Waals surface area contributed by atoms with E-state index in [0.29, 0.717) is 12.0 Å². The molecule has 0 aromatic heterocycles. The lowest BCUT2D eigenvalue weighted by atomic mass is 10.0. The average molecular weight is 249 g/mol. The third-order valence-corrected chi connectivity index (χ3v) is 2.19. The summed E-state index contributed by atoms with van der Waals surface area (Å²) in [6.45, 7) is 1.94. The molecule has 16 heavy (non-hydrogen) atoms. The minimum absolute atomic E-state index is 0. The molecule has 0 heterocycles. The lowest BCUT2D eigenvalue weighted by molar-refractivity contribution is -0.385. The third kappa shape index (κ3) is 3.43. The molecule has 4 nitrogen and oxygen atoms in total. The van der Waals surface area contributed by atoms with E-state index < -0.39 is 16.8 Å². The molecule has 0 unspecified atom stereocenters. The van der Waals surface area contributed by atoms with Crippen LogP contribution in [0.15, 0.2) is 18.2 Å². The van der Waals surface area contributed by atoms with Crippen molar-refractivity contribution in [2.24, 2.45) is 5.73 Å². The van der Waals surface area contributed by atoms with Crippen molar-refractivity contribution >= 4 is 18.1 Å². The molecule has 0 amide bonds. The molecule has 0 aliphatic heterocycles. The van der Waals surface area contributed by atoms with Gasteiger partial charge in [-0.1, -0.05) is 13.3 Å². The second kappa shape index (κ2) is 6.40. The summed E-state index contributed by atoms with van der Waals surface area (Å²) in [5.41, 5.74) is 5.92. The molecule has 0 aliphatic carbocycles. The van der Waals surface area contributed by atoms with Crippen molar-refractivity contribution in [2.75, 3.05) is 0 Å². The Labute approximate surface area is 99.2 Å². The maximum atomic E-state index is 12.8. The number of nitro benzene ring substituents is 1. The number of halogens is 2. The van der Waals surface area contributed by atoms with Crippen molar-refractivity contribution in [1.29, 1.82) is 0 Å². The highest BCUT2D eigenvalue weighted by molar-refractivity contribution is 5.85. The smallest absolute Gasteiger partial charge is 0.277 e. The van der Waals surface area contributed by atoms with E-state index in [0.717, 1.165) is 12.5 Å². The van der Waals surface area contributed by atoms with E-state index in [1.54, 1.807) is 0 Å². The largest absolute Gasteiger partial charge is 0.324 e. The zero-order valence-corrected chi connectivity index (χ0v) is 9.67. The summed E-state index contributed by atoms with van der Waals surface area (Å²) in [4.78, 5) is 10.1. The summed E-state index contributed by atoms with van der Waals surface area (Å²) in [6, 6.07) is 3.08. The van der Waals surface area contributed by atoms with Crippen LogP contribution in [0.1, 0.15) is 31.4 Å². The average Bonchev–Trinajstić information content (AvgIpc) is 2.17. The minimum Gasteiger partial charge on any atom is -0.324 e. The quantitative estimate of drug-likeness (QED) is 0.658. The van der Waals surface area contributed by atoms with Crippen molar-refractivity contribution in [3.8, 4) is 0 Å². The van der Waals surface area contributed by atoms with Gasteiger partial charge in [0.05, 0.1) is 11.0 Å². The number of benzene rings is 1. The standard InChI is InChI=1S/C10H13FN2O2.ClH/c1-2-3-9(12)8-5-4-7(11)6-10(8)13(14)15;/h4-6,9H,2-3,12H2,1H3;1H/t9-;/m0./s1. The lowest BCUT2D eigenvalue weighted by Gasteiger charge is -2.10. The Morgan fingerprint density at radius 3 is 2.69 bits per heavy atom. The summed E-state index contributed by atoms with van der Waals surface area (Å²) in [5, 5.41) is 10.7. The zero-order valence-electron chi connectivity index (χ0n) is 8.85. The molecule has 6 heteroatoms. The molecule has 0 radical (unpaired) electrons. The van der Waals surface area contributed by atoms with Gasteiger partial charge in [0.25, 0.3) is 5.69 Å². The van der Waals surface area contributed by atoms with Crippen molar-refractivity contribution in [2.45, 2.75) is 25.8 Å². The van der Waals surface area contributed by atoms with E-state index >= 15 is 0 Å². The molecule has 1 rings (SSSR count). The van der Waals surface area contributed by atoms with Crippen LogP contribution in [0.5, 0.6) is 0 Å². The number of nitrogens with two attached hydrogens (primary N) is 1. The molecule has 1 aromatic carbocycles. The summed E-state index contributed by atoms with van der Waals surface area (Å²) in [6.07, 6.45) is 1.47. The predicted molar refractivity (Wildman–Crippen MR) is 62.1 cm³/mol. The number of hydrogen-bond acceptors (Lipinski definition) is 3. The van der Waals surface area contributed by atoms with Crippen molar-refractivity contribution < 1.29 is 9.31 Å². The second-order valence-electron chi connectivity index (χ2n) is 3.36. The molecule has 0 saturated carbocycles. The van der Waals surface area contributed by atoms with Gasteiger partial charge in [0.15, 0.2) is 0 Å². The summed E-state index contributed by atoms with van der Waals surface area (Å²) in [5.74, 6) is -0.617. The van der Waals surface area contributed by atoms with Gasteiger partial charge in [0, 0.05) is 11.6 Å². The first kappa shape index (κ1) is 14.8. The molecule has 0 aliphatic rings. The molecule has 1 atom stereocenters. The number of rotatable bonds is 4. The van der Waals surface area contributed by atoms with Crippen LogP contribution in [-0.4, -0.2) is 4.92 Å². The van der Waals surface area contributed by atoms with E-state index in [4.69, 9.17) is 5.73 Å². The van der Waals surface area contributed by atoms with Crippen LogP contribution in [0.2, 0.25) is 0 Å². The first-order valence-electron chi connectivity index (χ1n) is 4.75. The summed E-state index contributed by atoms with van der Waals surface area (Å²) < 4.78 is 12.8. The van der Waals surface area contributed by atoms with Crippen molar-refractivity contribution in [3.63, 3.8) is 0 Å². The predicted octanol–water partition coefficient (Wildman–Crippen LogP) is 2.96. The van der Waals surface area contributed by atoms with Gasteiger partial charge >= 0.3 is 0 Å². The van der Waals surface area contributed by atoms with Crippen LogP contribution in [-0.2, 0) is 0 Å². The Kier molecular flexibility index (Phi) is 5.92. The number of nitro groups is 1. The Morgan fingerprint density at radius 1 is 1.56 bits per heavy atom. The van der Waals surface area contributed by atoms with Gasteiger partial charge in [-0.15, -0.1) is 12.4 Å². The highest BCUT2D eigenvalue weighted by Crippen LogP contribution is 2.26. The molecule has 2 N–H and O–H groups in total. The topological polar surface area (TPSA) is 69.2 Å². The van der Waals surface area contributed by atoms with Gasteiger partial charge < -0.3 is 5.73 Å². The Morgan fingerprint density at radius 2 is 2.19 bits per heavy atom. The zero-order chi connectivity index (χ0) is 11.4. The third-order valence-electron chi connectivity index (χ3n) is 2.19. The van der Waals surface area contributed by atoms with E-state index in [1.807, 2.05) is 6.92 Å². The van der Waals surface area contributed by atoms with Crippen LogP contribution in [0.25, 0.3) is 0 Å². The Hall–Kier alpha value is -1.20. The molecule has 1 aromatic rings. The van der Waals surface area contributed by atoms with E-state index in [9.17, 15) is 14.5 Å². The first-order chi connectivity index (χ1) is 7.06. The number of hydrogen-bond donors (Lipinski definition) is 1. The van der Waals surface area contributed by atoms with Crippen LogP contribution in [0.4, 0.5) is 10.1 Å². The fourth-order valence-electron chi connectivity index (χ4n) is 1.45. The Bertz CT molecular complexity index is 374. The lowest BCUT2D eigenvalue weighted by Crippen LogP contribution is -2.12. The maximum Gasteiger partial charge on any atom is 0.277 e. The first-order valence-corrected chi connectivity index (χ1v) is 4.75. The molecule has 90 valence electrons. The van der Waals surface area contributed by atoms with E-state index in [1.165, 1.54) is 12.1 Å². The number of nitrogens with zero attached hydrogens (tertiary/aromatic N) is 1. The molecular formula is C10H14ClFN2O2. The van der Waals surface area contributed by atoms with Crippen LogP contribution < -0.4 is 5.73 Å². The van der Waals surface area contributed by atoms with E-state index in [2.05, 4.69) is 0 Å². The van der Waals surface area contributed by atoms with Crippen molar-refractivity contribution in [3.05, 3.63) is 39.7 Å². The normalized spacial score (nSPS) is 11.7. The fourth-order valence-corrected chi connectivity index (χ4v) is 1.45.